The Balaban J connectivity index is 2.40. The molecule has 0 saturated carbocycles. The fraction of sp³-hybridized carbons (Fsp3) is 0.625. The van der Waals surface area contributed by atoms with E-state index in [1.807, 2.05) is 10.8 Å². The van der Waals surface area contributed by atoms with Crippen molar-refractivity contribution in [3.63, 3.8) is 0 Å². The molecule has 1 aliphatic heterocycles. The van der Waals surface area contributed by atoms with Gasteiger partial charge in [0, 0.05) is 20.0 Å². The van der Waals surface area contributed by atoms with Crippen molar-refractivity contribution < 1.29 is 4.79 Å². The maximum atomic E-state index is 11.3. The second-order valence-corrected chi connectivity index (χ2v) is 3.94. The van der Waals surface area contributed by atoms with Crippen LogP contribution in [0.5, 0.6) is 0 Å². The molecule has 0 aromatic carbocycles. The van der Waals surface area contributed by atoms with Crippen LogP contribution in [0, 0.1) is 0 Å². The number of hydrogen-bond donors (Lipinski definition) is 0. The van der Waals surface area contributed by atoms with Crippen LogP contribution in [0.25, 0.3) is 0 Å². The highest BCUT2D eigenvalue weighted by molar-refractivity contribution is 7.98. The molecule has 14 heavy (non-hydrogen) atoms. The van der Waals surface area contributed by atoms with E-state index >= 15 is 0 Å². The van der Waals surface area contributed by atoms with Gasteiger partial charge in [-0.25, -0.2) is 0 Å². The van der Waals surface area contributed by atoms with Gasteiger partial charge in [-0.3, -0.25) is 14.3 Å². The first-order chi connectivity index (χ1) is 6.74. The van der Waals surface area contributed by atoms with Gasteiger partial charge in [-0.15, -0.1) is 10.2 Å². The van der Waals surface area contributed by atoms with Gasteiger partial charge < -0.3 is 0 Å². The zero-order chi connectivity index (χ0) is 10.1. The minimum Gasteiger partial charge on any atom is -0.288 e. The number of carbonyl (C=O) groups excluding carboxylic acids is 1. The highest BCUT2D eigenvalue weighted by Gasteiger charge is 2.24. The maximum Gasteiger partial charge on any atom is 0.234 e. The van der Waals surface area contributed by atoms with Gasteiger partial charge in [0.05, 0.1) is 0 Å². The molecule has 5 nitrogen and oxygen atoms in total. The van der Waals surface area contributed by atoms with Gasteiger partial charge in [0.1, 0.15) is 0 Å². The van der Waals surface area contributed by atoms with E-state index in [1.54, 1.807) is 23.6 Å². The van der Waals surface area contributed by atoms with Gasteiger partial charge in [-0.2, -0.15) is 0 Å². The number of fused-ring (bicyclic) bond motifs is 1. The molecular formula is C8H12N4OS. The minimum absolute atomic E-state index is 0.0333. The number of carbonyl (C=O) groups is 1. The van der Waals surface area contributed by atoms with Crippen molar-refractivity contribution in [2.45, 2.75) is 25.0 Å². The van der Waals surface area contributed by atoms with E-state index in [9.17, 15) is 4.79 Å². The van der Waals surface area contributed by atoms with Gasteiger partial charge in [0.15, 0.2) is 5.16 Å². The molecule has 76 valence electrons. The third-order valence-corrected chi connectivity index (χ3v) is 2.93. The first kappa shape index (κ1) is 9.51. The lowest BCUT2D eigenvalue weighted by Gasteiger charge is -2.25. The quantitative estimate of drug-likeness (QED) is 0.645. The molecule has 0 bridgehead atoms. The zero-order valence-electron chi connectivity index (χ0n) is 8.23. The van der Waals surface area contributed by atoms with Crippen LogP contribution in [0.3, 0.4) is 0 Å². The van der Waals surface area contributed by atoms with Gasteiger partial charge in [-0.1, -0.05) is 11.8 Å². The Kier molecular flexibility index (Phi) is 2.45. The molecule has 1 amide bonds. The number of rotatable bonds is 1. The van der Waals surface area contributed by atoms with Crippen LogP contribution < -0.4 is 4.90 Å². The van der Waals surface area contributed by atoms with E-state index in [2.05, 4.69) is 10.2 Å². The Hall–Kier alpha value is -1.04. The maximum absolute atomic E-state index is 11.3. The molecule has 1 aliphatic rings. The van der Waals surface area contributed by atoms with E-state index < -0.39 is 0 Å². The van der Waals surface area contributed by atoms with Crippen LogP contribution in [0.2, 0.25) is 0 Å². The predicted molar refractivity (Wildman–Crippen MR) is 54.4 cm³/mol. The highest BCUT2D eigenvalue weighted by atomic mass is 32.2. The second-order valence-electron chi connectivity index (χ2n) is 3.16. The minimum atomic E-state index is 0.0333. The normalized spacial score (nSPS) is 15.4. The average Bonchev–Trinajstić information content (AvgIpc) is 2.59. The first-order valence-corrected chi connectivity index (χ1v) is 5.72. The lowest BCUT2D eigenvalue weighted by molar-refractivity contribution is -0.116. The summed E-state index contributed by atoms with van der Waals surface area (Å²) in [5.41, 5.74) is 0. The highest BCUT2D eigenvalue weighted by Crippen LogP contribution is 2.24. The van der Waals surface area contributed by atoms with Crippen LogP contribution in [0.1, 0.15) is 13.3 Å². The Bertz CT molecular complexity index is 362. The molecule has 0 atom stereocenters. The third-order valence-electron chi connectivity index (χ3n) is 2.26. The second kappa shape index (κ2) is 3.61. The predicted octanol–water partition coefficient (Wildman–Crippen LogP) is 0.757. The lowest BCUT2D eigenvalue weighted by Crippen LogP contribution is -2.36. The van der Waals surface area contributed by atoms with Gasteiger partial charge in [0.25, 0.3) is 0 Å². The van der Waals surface area contributed by atoms with Crippen molar-refractivity contribution >= 4 is 23.6 Å². The Morgan fingerprint density at radius 2 is 2.21 bits per heavy atom. The molecule has 2 rings (SSSR count). The van der Waals surface area contributed by atoms with E-state index in [4.69, 9.17) is 0 Å². The first-order valence-electron chi connectivity index (χ1n) is 4.49. The van der Waals surface area contributed by atoms with E-state index in [0.29, 0.717) is 5.95 Å². The van der Waals surface area contributed by atoms with Crippen molar-refractivity contribution in [3.8, 4) is 0 Å². The topological polar surface area (TPSA) is 51.0 Å². The molecule has 1 aromatic rings. The van der Waals surface area contributed by atoms with Crippen molar-refractivity contribution in [2.75, 3.05) is 17.7 Å². The summed E-state index contributed by atoms with van der Waals surface area (Å²) < 4.78 is 2.00. The summed E-state index contributed by atoms with van der Waals surface area (Å²) in [5, 5.41) is 8.94. The third kappa shape index (κ3) is 1.39. The number of amides is 1. The summed E-state index contributed by atoms with van der Waals surface area (Å²) in [4.78, 5) is 13.0. The lowest BCUT2D eigenvalue weighted by atomic mass is 10.3. The van der Waals surface area contributed by atoms with Crippen LogP contribution in [-0.4, -0.2) is 33.5 Å². The number of anilines is 1. The summed E-state index contributed by atoms with van der Waals surface area (Å²) in [6.07, 6.45) is 2.93. The van der Waals surface area contributed by atoms with Crippen LogP contribution in [0.4, 0.5) is 5.95 Å². The summed E-state index contributed by atoms with van der Waals surface area (Å²) >= 11 is 1.56. The molecular weight excluding hydrogens is 200 g/mol. The van der Waals surface area contributed by atoms with E-state index in [-0.39, 0.29) is 5.91 Å². The SMILES string of the molecule is CSc1nnc2n1CCCN2C(C)=O. The zero-order valence-corrected chi connectivity index (χ0v) is 9.04. The Morgan fingerprint density at radius 1 is 1.43 bits per heavy atom. The largest absolute Gasteiger partial charge is 0.288 e. The average molecular weight is 212 g/mol. The monoisotopic (exact) mass is 212 g/mol. The summed E-state index contributed by atoms with van der Waals surface area (Å²) in [6, 6.07) is 0. The Labute approximate surface area is 86.5 Å². The number of hydrogen-bond acceptors (Lipinski definition) is 4. The van der Waals surface area contributed by atoms with Crippen LogP contribution >= 0.6 is 11.8 Å². The van der Waals surface area contributed by atoms with Gasteiger partial charge in [0.2, 0.25) is 11.9 Å². The number of aromatic nitrogens is 3. The molecule has 2 heterocycles. The van der Waals surface area contributed by atoms with Crippen molar-refractivity contribution in [1.82, 2.24) is 14.8 Å². The van der Waals surface area contributed by atoms with Crippen LogP contribution in [0.15, 0.2) is 5.16 Å². The number of thioether (sulfide) groups is 1. The van der Waals surface area contributed by atoms with Crippen molar-refractivity contribution in [3.05, 3.63) is 0 Å². The molecule has 0 aliphatic carbocycles. The van der Waals surface area contributed by atoms with Crippen LogP contribution in [-0.2, 0) is 11.3 Å². The fourth-order valence-corrected chi connectivity index (χ4v) is 2.13. The number of nitrogens with zero attached hydrogens (tertiary/aromatic N) is 4. The summed E-state index contributed by atoms with van der Waals surface area (Å²) in [7, 11) is 0. The molecule has 0 fully saturated rings. The molecule has 0 saturated heterocycles. The summed E-state index contributed by atoms with van der Waals surface area (Å²) in [5.74, 6) is 0.721. The van der Waals surface area contributed by atoms with E-state index in [0.717, 1.165) is 24.7 Å². The van der Waals surface area contributed by atoms with Crippen molar-refractivity contribution in [1.29, 1.82) is 0 Å². The Morgan fingerprint density at radius 3 is 2.86 bits per heavy atom. The standard InChI is InChI=1S/C8H12N4OS/c1-6(13)11-4-3-5-12-7(11)9-10-8(12)14-2/h3-5H2,1-2H3. The summed E-state index contributed by atoms with van der Waals surface area (Å²) in [6.45, 7) is 3.22. The molecule has 0 N–H and O–H groups in total. The molecule has 6 heteroatoms. The smallest absolute Gasteiger partial charge is 0.234 e. The van der Waals surface area contributed by atoms with Crippen molar-refractivity contribution in [2.24, 2.45) is 0 Å². The fourth-order valence-electron chi connectivity index (χ4n) is 1.61. The van der Waals surface area contributed by atoms with Gasteiger partial charge >= 0.3 is 0 Å². The molecule has 0 radical (unpaired) electrons. The van der Waals surface area contributed by atoms with E-state index in [1.165, 1.54) is 0 Å². The molecule has 0 unspecified atom stereocenters. The molecule has 0 spiro atoms. The van der Waals surface area contributed by atoms with Gasteiger partial charge in [-0.05, 0) is 12.7 Å². The molecule has 1 aromatic heterocycles.